The first-order valence-corrected chi connectivity index (χ1v) is 10.2. The van der Waals surface area contributed by atoms with Crippen LogP contribution in [0.5, 0.6) is 5.75 Å². The van der Waals surface area contributed by atoms with E-state index in [1.165, 1.54) is 36.5 Å². The molecule has 11 heteroatoms. The van der Waals surface area contributed by atoms with E-state index in [-0.39, 0.29) is 47.1 Å². The zero-order chi connectivity index (χ0) is 17.3. The first-order valence-electron chi connectivity index (χ1n) is 7.14. The van der Waals surface area contributed by atoms with E-state index in [9.17, 15) is 16.8 Å². The van der Waals surface area contributed by atoms with E-state index in [0.717, 1.165) is 0 Å². The number of ether oxygens (including phenoxy) is 1. The van der Waals surface area contributed by atoms with Gasteiger partial charge in [0.05, 0.1) is 18.6 Å². The zero-order valence-electron chi connectivity index (χ0n) is 13.4. The molecule has 138 valence electrons. The van der Waals surface area contributed by atoms with Crippen molar-refractivity contribution in [1.29, 1.82) is 0 Å². The van der Waals surface area contributed by atoms with Crippen molar-refractivity contribution in [3.05, 3.63) is 18.2 Å². The van der Waals surface area contributed by atoms with Gasteiger partial charge in [-0.05, 0) is 25.5 Å². The van der Waals surface area contributed by atoms with Gasteiger partial charge in [-0.15, -0.1) is 12.4 Å². The molecule has 0 unspecified atom stereocenters. The van der Waals surface area contributed by atoms with Gasteiger partial charge in [0.25, 0.3) is 0 Å². The molecule has 1 saturated heterocycles. The predicted molar refractivity (Wildman–Crippen MR) is 94.7 cm³/mol. The number of anilines is 1. The average Bonchev–Trinajstić information content (AvgIpc) is 2.94. The number of nitrogens with zero attached hydrogens (tertiary/aromatic N) is 1. The van der Waals surface area contributed by atoms with Crippen molar-refractivity contribution in [2.24, 2.45) is 5.73 Å². The lowest BCUT2D eigenvalue weighted by molar-refractivity contribution is 0.398. The molecular weight excluding hydrogens is 378 g/mol. The number of nitrogens with two attached hydrogens (primary N) is 1. The van der Waals surface area contributed by atoms with Crippen LogP contribution in [0.3, 0.4) is 0 Å². The molecule has 8 nitrogen and oxygen atoms in total. The van der Waals surface area contributed by atoms with E-state index in [0.29, 0.717) is 13.0 Å². The van der Waals surface area contributed by atoms with E-state index >= 15 is 0 Å². The number of sulfonamides is 2. The van der Waals surface area contributed by atoms with Gasteiger partial charge in [-0.2, -0.15) is 4.31 Å². The lowest BCUT2D eigenvalue weighted by atomic mass is 10.3. The van der Waals surface area contributed by atoms with Crippen LogP contribution >= 0.6 is 12.4 Å². The van der Waals surface area contributed by atoms with Crippen LogP contribution in [0.1, 0.15) is 13.3 Å². The van der Waals surface area contributed by atoms with Gasteiger partial charge >= 0.3 is 0 Å². The van der Waals surface area contributed by atoms with E-state index in [1.54, 1.807) is 0 Å². The van der Waals surface area contributed by atoms with Crippen LogP contribution < -0.4 is 15.2 Å². The Hall–Kier alpha value is -1.07. The van der Waals surface area contributed by atoms with Crippen LogP contribution in [0.2, 0.25) is 0 Å². The summed E-state index contributed by atoms with van der Waals surface area (Å²) in [6, 6.07) is 3.92. The molecule has 1 aromatic rings. The van der Waals surface area contributed by atoms with E-state index in [2.05, 4.69) is 4.72 Å². The third kappa shape index (κ3) is 4.51. The molecule has 1 fully saturated rings. The van der Waals surface area contributed by atoms with Crippen LogP contribution in [0.15, 0.2) is 23.1 Å². The maximum Gasteiger partial charge on any atom is 0.246 e. The average molecular weight is 400 g/mol. The number of hydrogen-bond acceptors (Lipinski definition) is 6. The molecule has 0 saturated carbocycles. The fourth-order valence-corrected chi connectivity index (χ4v) is 4.59. The summed E-state index contributed by atoms with van der Waals surface area (Å²) in [4.78, 5) is -0.00598. The summed E-state index contributed by atoms with van der Waals surface area (Å²) >= 11 is 0. The van der Waals surface area contributed by atoms with Crippen LogP contribution in [0.25, 0.3) is 0 Å². The molecule has 1 aliphatic heterocycles. The lowest BCUT2D eigenvalue weighted by Crippen LogP contribution is -2.32. The molecule has 0 radical (unpaired) electrons. The monoisotopic (exact) mass is 399 g/mol. The number of rotatable bonds is 6. The lowest BCUT2D eigenvalue weighted by Gasteiger charge is -2.18. The molecule has 0 amide bonds. The molecule has 1 aromatic carbocycles. The highest BCUT2D eigenvalue weighted by atomic mass is 35.5. The standard InChI is InChI=1S/C13H21N3O5S2.ClH/c1-3-22(17,18)15-11-4-5-13(12(8-11)21-2)23(19,20)16-7-6-10(14)9-16;/h4-5,8,10,15H,3,6-7,9,14H2,1-2H3;1H/t10-;/m1./s1. The molecule has 1 atom stereocenters. The van der Waals surface area contributed by atoms with Crippen molar-refractivity contribution in [3.63, 3.8) is 0 Å². The Balaban J connectivity index is 0.00000288. The summed E-state index contributed by atoms with van der Waals surface area (Å²) < 4.78 is 57.3. The molecule has 3 N–H and O–H groups in total. The number of halogens is 1. The minimum Gasteiger partial charge on any atom is -0.495 e. The number of methoxy groups -OCH3 is 1. The van der Waals surface area contributed by atoms with Gasteiger partial charge < -0.3 is 10.5 Å². The van der Waals surface area contributed by atoms with E-state index in [1.807, 2.05) is 0 Å². The first-order chi connectivity index (χ1) is 10.7. The molecule has 1 heterocycles. The largest absolute Gasteiger partial charge is 0.495 e. The summed E-state index contributed by atoms with van der Waals surface area (Å²) in [5.74, 6) is 0.00267. The van der Waals surface area contributed by atoms with Crippen LogP contribution in [-0.2, 0) is 20.0 Å². The Labute approximate surface area is 148 Å². The van der Waals surface area contributed by atoms with Gasteiger partial charge in [-0.25, -0.2) is 16.8 Å². The first kappa shape index (κ1) is 21.0. The van der Waals surface area contributed by atoms with Crippen molar-refractivity contribution in [3.8, 4) is 5.75 Å². The van der Waals surface area contributed by atoms with E-state index < -0.39 is 20.0 Å². The zero-order valence-corrected chi connectivity index (χ0v) is 15.9. The Morgan fingerprint density at radius 1 is 1.33 bits per heavy atom. The van der Waals surface area contributed by atoms with Gasteiger partial charge in [-0.1, -0.05) is 0 Å². The Morgan fingerprint density at radius 3 is 2.50 bits per heavy atom. The number of benzene rings is 1. The number of nitrogens with one attached hydrogen (secondary N) is 1. The normalized spacial score (nSPS) is 18.9. The maximum atomic E-state index is 12.7. The SMILES string of the molecule is CCS(=O)(=O)Nc1ccc(S(=O)(=O)N2CC[C@@H](N)C2)c(OC)c1.Cl. The highest BCUT2D eigenvalue weighted by Gasteiger charge is 2.33. The summed E-state index contributed by atoms with van der Waals surface area (Å²) in [6.45, 7) is 2.13. The van der Waals surface area contributed by atoms with Crippen molar-refractivity contribution in [1.82, 2.24) is 4.31 Å². The summed E-state index contributed by atoms with van der Waals surface area (Å²) in [7, 11) is -5.84. The van der Waals surface area contributed by atoms with Crippen LogP contribution in [-0.4, -0.2) is 53.1 Å². The van der Waals surface area contributed by atoms with Gasteiger partial charge in [0.1, 0.15) is 10.6 Å². The van der Waals surface area contributed by atoms with Crippen molar-refractivity contribution in [2.75, 3.05) is 30.7 Å². The second-order valence-electron chi connectivity index (χ2n) is 5.28. The van der Waals surface area contributed by atoms with Gasteiger partial charge in [0.15, 0.2) is 0 Å². The van der Waals surface area contributed by atoms with Crippen molar-refractivity contribution >= 4 is 38.1 Å². The maximum absolute atomic E-state index is 12.7. The molecule has 1 aliphatic rings. The quantitative estimate of drug-likeness (QED) is 0.723. The fraction of sp³-hybridized carbons (Fsp3) is 0.538. The highest BCUT2D eigenvalue weighted by molar-refractivity contribution is 7.92. The molecule has 0 aliphatic carbocycles. The molecule has 0 spiro atoms. The number of hydrogen-bond donors (Lipinski definition) is 2. The van der Waals surface area contributed by atoms with Crippen molar-refractivity contribution < 1.29 is 21.6 Å². The molecular formula is C13H22ClN3O5S2. The smallest absolute Gasteiger partial charge is 0.246 e. The fourth-order valence-electron chi connectivity index (χ4n) is 2.31. The third-order valence-corrected chi connectivity index (χ3v) is 6.83. The molecule has 0 bridgehead atoms. The Kier molecular flexibility index (Phi) is 6.88. The summed E-state index contributed by atoms with van der Waals surface area (Å²) in [6.07, 6.45) is 0.607. The molecule has 0 aromatic heterocycles. The molecule has 24 heavy (non-hydrogen) atoms. The van der Waals surface area contributed by atoms with Gasteiger partial charge in [0.2, 0.25) is 20.0 Å². The minimum absolute atomic E-state index is 0. The topological polar surface area (TPSA) is 119 Å². The Bertz CT molecular complexity index is 783. The molecule has 2 rings (SSSR count). The van der Waals surface area contributed by atoms with Crippen LogP contribution in [0, 0.1) is 0 Å². The summed E-state index contributed by atoms with van der Waals surface area (Å²) in [5.41, 5.74) is 6.02. The van der Waals surface area contributed by atoms with E-state index in [4.69, 9.17) is 10.5 Å². The van der Waals surface area contributed by atoms with Gasteiger partial charge in [0, 0.05) is 25.2 Å². The van der Waals surface area contributed by atoms with Gasteiger partial charge in [-0.3, -0.25) is 4.72 Å². The minimum atomic E-state index is -3.73. The predicted octanol–water partition coefficient (Wildman–Crippen LogP) is 0.600. The van der Waals surface area contributed by atoms with Crippen molar-refractivity contribution in [2.45, 2.75) is 24.3 Å². The summed E-state index contributed by atoms with van der Waals surface area (Å²) in [5, 5.41) is 0. The Morgan fingerprint density at radius 2 is 2.00 bits per heavy atom. The second-order valence-corrected chi connectivity index (χ2v) is 9.20. The third-order valence-electron chi connectivity index (χ3n) is 3.62. The highest BCUT2D eigenvalue weighted by Crippen LogP contribution is 2.31. The van der Waals surface area contributed by atoms with Crippen LogP contribution in [0.4, 0.5) is 5.69 Å². The second kappa shape index (κ2) is 7.87.